The summed E-state index contributed by atoms with van der Waals surface area (Å²) in [6.07, 6.45) is -0.146. The first kappa shape index (κ1) is 15.9. The molecule has 1 aromatic carbocycles. The molecule has 23 heavy (non-hydrogen) atoms. The Morgan fingerprint density at radius 1 is 1.57 bits per heavy atom. The number of benzene rings is 1. The summed E-state index contributed by atoms with van der Waals surface area (Å²) < 4.78 is 11.2. The number of aromatic nitrogens is 1. The highest BCUT2D eigenvalue weighted by Gasteiger charge is 2.28. The summed E-state index contributed by atoms with van der Waals surface area (Å²) in [6, 6.07) is 7.00. The van der Waals surface area contributed by atoms with E-state index in [0.29, 0.717) is 31.2 Å². The minimum absolute atomic E-state index is 0.103. The van der Waals surface area contributed by atoms with Crippen LogP contribution in [0.3, 0.4) is 0 Å². The Bertz CT molecular complexity index is 648. The fraction of sp³-hybridized carbons (Fsp3) is 0.375. The molecule has 1 fully saturated rings. The van der Waals surface area contributed by atoms with E-state index >= 15 is 0 Å². The number of hydrogen-bond acceptors (Lipinski definition) is 6. The highest BCUT2D eigenvalue weighted by molar-refractivity contribution is 7.07. The van der Waals surface area contributed by atoms with Crippen molar-refractivity contribution in [2.75, 3.05) is 18.5 Å². The van der Waals surface area contributed by atoms with Crippen molar-refractivity contribution in [2.45, 2.75) is 25.7 Å². The number of morpholine rings is 1. The number of thiazole rings is 1. The van der Waals surface area contributed by atoms with Crippen molar-refractivity contribution in [3.63, 3.8) is 0 Å². The summed E-state index contributed by atoms with van der Waals surface area (Å²) in [4.78, 5) is 16.5. The van der Waals surface area contributed by atoms with E-state index in [1.54, 1.807) is 11.6 Å². The zero-order valence-corrected chi connectivity index (χ0v) is 13.6. The van der Waals surface area contributed by atoms with E-state index in [2.05, 4.69) is 15.6 Å². The molecule has 1 aliphatic rings. The van der Waals surface area contributed by atoms with E-state index in [1.807, 2.05) is 30.5 Å². The quantitative estimate of drug-likeness (QED) is 0.876. The Morgan fingerprint density at radius 3 is 3.26 bits per heavy atom. The van der Waals surface area contributed by atoms with E-state index in [-0.39, 0.29) is 18.1 Å². The standard InChI is InChI=1S/C16H19N3O3S/c1-11-15(17-5-6-21-11)16(20)19-12-3-2-4-14(7-12)22-8-13-9-23-10-18-13/h2-4,7,9-11,15,17H,5-6,8H2,1H3,(H,19,20)/t11-,15+/m1/s1. The van der Waals surface area contributed by atoms with Crippen LogP contribution in [0.1, 0.15) is 12.6 Å². The third-order valence-electron chi connectivity index (χ3n) is 3.57. The van der Waals surface area contributed by atoms with Gasteiger partial charge in [-0.3, -0.25) is 4.79 Å². The predicted octanol–water partition coefficient (Wildman–Crippen LogP) is 2.04. The first-order valence-corrected chi connectivity index (χ1v) is 8.42. The minimum Gasteiger partial charge on any atom is -0.487 e. The van der Waals surface area contributed by atoms with Crippen LogP contribution in [-0.4, -0.2) is 36.2 Å². The molecule has 2 heterocycles. The van der Waals surface area contributed by atoms with Gasteiger partial charge in [-0.1, -0.05) is 6.07 Å². The van der Waals surface area contributed by atoms with Crippen molar-refractivity contribution in [3.8, 4) is 5.75 Å². The molecular weight excluding hydrogens is 314 g/mol. The minimum atomic E-state index is -0.344. The summed E-state index contributed by atoms with van der Waals surface area (Å²) in [5.41, 5.74) is 3.36. The predicted molar refractivity (Wildman–Crippen MR) is 88.7 cm³/mol. The third kappa shape index (κ3) is 4.28. The van der Waals surface area contributed by atoms with Crippen LogP contribution in [0.5, 0.6) is 5.75 Å². The number of nitrogens with one attached hydrogen (secondary N) is 2. The van der Waals surface area contributed by atoms with Crippen LogP contribution < -0.4 is 15.4 Å². The lowest BCUT2D eigenvalue weighted by molar-refractivity contribution is -0.123. The van der Waals surface area contributed by atoms with Gasteiger partial charge in [-0.15, -0.1) is 11.3 Å². The second-order valence-corrected chi connectivity index (χ2v) is 6.01. The van der Waals surface area contributed by atoms with Gasteiger partial charge >= 0.3 is 0 Å². The van der Waals surface area contributed by atoms with Crippen LogP contribution >= 0.6 is 11.3 Å². The molecule has 6 nitrogen and oxygen atoms in total. The lowest BCUT2D eigenvalue weighted by atomic mass is 10.1. The van der Waals surface area contributed by atoms with Gasteiger partial charge in [-0.25, -0.2) is 4.98 Å². The number of carbonyl (C=O) groups excluding carboxylic acids is 1. The summed E-state index contributed by atoms with van der Waals surface area (Å²) in [5, 5.41) is 8.02. The molecule has 122 valence electrons. The van der Waals surface area contributed by atoms with Gasteiger partial charge in [-0.05, 0) is 19.1 Å². The Balaban J connectivity index is 1.59. The molecule has 0 unspecified atom stereocenters. The maximum absolute atomic E-state index is 12.3. The van der Waals surface area contributed by atoms with E-state index in [1.165, 1.54) is 11.3 Å². The van der Waals surface area contributed by atoms with Gasteiger partial charge in [0.05, 0.1) is 23.9 Å². The van der Waals surface area contributed by atoms with Gasteiger partial charge in [-0.2, -0.15) is 0 Å². The van der Waals surface area contributed by atoms with Crippen LogP contribution in [0.15, 0.2) is 35.2 Å². The smallest absolute Gasteiger partial charge is 0.244 e. The molecule has 2 aromatic rings. The van der Waals surface area contributed by atoms with Gasteiger partial charge in [0, 0.05) is 23.7 Å². The molecule has 0 saturated carbocycles. The van der Waals surface area contributed by atoms with E-state index in [0.717, 1.165) is 5.69 Å². The number of amides is 1. The SMILES string of the molecule is C[C@H]1OCCN[C@@H]1C(=O)Nc1cccc(OCc2cscn2)c1. The first-order valence-electron chi connectivity index (χ1n) is 7.48. The Labute approximate surface area is 138 Å². The van der Waals surface area contributed by atoms with Crippen molar-refractivity contribution in [2.24, 2.45) is 0 Å². The van der Waals surface area contributed by atoms with Crippen LogP contribution in [-0.2, 0) is 16.1 Å². The van der Waals surface area contributed by atoms with Crippen molar-refractivity contribution in [3.05, 3.63) is 40.8 Å². The Morgan fingerprint density at radius 2 is 2.48 bits per heavy atom. The fourth-order valence-electron chi connectivity index (χ4n) is 2.38. The van der Waals surface area contributed by atoms with Gasteiger partial charge in [0.1, 0.15) is 18.4 Å². The summed E-state index contributed by atoms with van der Waals surface area (Å²) >= 11 is 1.54. The van der Waals surface area contributed by atoms with Crippen LogP contribution in [0, 0.1) is 0 Å². The summed E-state index contributed by atoms with van der Waals surface area (Å²) in [6.45, 7) is 3.61. The molecule has 7 heteroatoms. The topological polar surface area (TPSA) is 72.5 Å². The van der Waals surface area contributed by atoms with Crippen molar-refractivity contribution < 1.29 is 14.3 Å². The summed E-state index contributed by atoms with van der Waals surface area (Å²) in [5.74, 6) is 0.588. The van der Waals surface area contributed by atoms with Crippen molar-refractivity contribution in [1.82, 2.24) is 10.3 Å². The lowest BCUT2D eigenvalue weighted by Crippen LogP contribution is -2.53. The third-order valence-corrected chi connectivity index (χ3v) is 4.21. The van der Waals surface area contributed by atoms with Crippen molar-refractivity contribution >= 4 is 22.9 Å². The molecule has 1 saturated heterocycles. The van der Waals surface area contributed by atoms with Gasteiger partial charge in [0.15, 0.2) is 0 Å². The van der Waals surface area contributed by atoms with Gasteiger partial charge in [0.2, 0.25) is 5.91 Å². The number of carbonyl (C=O) groups is 1. The van der Waals surface area contributed by atoms with Gasteiger partial charge in [0.25, 0.3) is 0 Å². The van der Waals surface area contributed by atoms with Crippen LogP contribution in [0.4, 0.5) is 5.69 Å². The first-order chi connectivity index (χ1) is 11.2. The number of hydrogen-bond donors (Lipinski definition) is 2. The molecule has 2 N–H and O–H groups in total. The lowest BCUT2D eigenvalue weighted by Gasteiger charge is -2.29. The maximum atomic E-state index is 12.3. The number of rotatable bonds is 5. The van der Waals surface area contributed by atoms with Crippen molar-refractivity contribution in [1.29, 1.82) is 0 Å². The monoisotopic (exact) mass is 333 g/mol. The average Bonchev–Trinajstić information content (AvgIpc) is 3.07. The highest BCUT2D eigenvalue weighted by Crippen LogP contribution is 2.19. The molecule has 3 rings (SSSR count). The number of anilines is 1. The summed E-state index contributed by atoms with van der Waals surface area (Å²) in [7, 11) is 0. The molecule has 0 radical (unpaired) electrons. The zero-order valence-electron chi connectivity index (χ0n) is 12.8. The molecule has 0 aliphatic carbocycles. The fourth-order valence-corrected chi connectivity index (χ4v) is 2.92. The molecule has 1 amide bonds. The Kier molecular flexibility index (Phi) is 5.22. The average molecular weight is 333 g/mol. The highest BCUT2D eigenvalue weighted by atomic mass is 32.1. The molecule has 0 bridgehead atoms. The molecule has 0 spiro atoms. The van der Waals surface area contributed by atoms with E-state index in [9.17, 15) is 4.79 Å². The number of ether oxygens (including phenoxy) is 2. The zero-order chi connectivity index (χ0) is 16.1. The van der Waals surface area contributed by atoms with E-state index in [4.69, 9.17) is 9.47 Å². The normalized spacial score (nSPS) is 20.9. The van der Waals surface area contributed by atoms with Crippen LogP contribution in [0.2, 0.25) is 0 Å². The second-order valence-electron chi connectivity index (χ2n) is 5.29. The molecule has 2 atom stereocenters. The second kappa shape index (κ2) is 7.54. The largest absolute Gasteiger partial charge is 0.487 e. The van der Waals surface area contributed by atoms with E-state index < -0.39 is 0 Å². The Hall–Kier alpha value is -1.96. The van der Waals surface area contributed by atoms with Gasteiger partial charge < -0.3 is 20.1 Å². The molecule has 1 aliphatic heterocycles. The molecular formula is C16H19N3O3S. The molecule has 1 aromatic heterocycles. The number of nitrogens with zero attached hydrogens (tertiary/aromatic N) is 1. The maximum Gasteiger partial charge on any atom is 0.244 e. The van der Waals surface area contributed by atoms with Crippen LogP contribution in [0.25, 0.3) is 0 Å².